The Hall–Kier alpha value is 0.400. The van der Waals surface area contributed by atoms with Crippen LogP contribution in [0.1, 0.15) is 27.2 Å². The standard InChI is InChI=1S/C11H25BrN2/c1-4-8-14(9-7-12)11-10-13(5-2)6-3/h4-11H2,1-3H3. The van der Waals surface area contributed by atoms with Crippen LogP contribution in [-0.2, 0) is 0 Å². The van der Waals surface area contributed by atoms with Gasteiger partial charge in [-0.2, -0.15) is 0 Å². The van der Waals surface area contributed by atoms with Crippen molar-refractivity contribution in [3.05, 3.63) is 0 Å². The molecule has 0 aliphatic carbocycles. The second-order valence-corrected chi connectivity index (χ2v) is 4.35. The second kappa shape index (κ2) is 9.94. The minimum Gasteiger partial charge on any atom is -0.303 e. The summed E-state index contributed by atoms with van der Waals surface area (Å²) in [4.78, 5) is 5.02. The highest BCUT2D eigenvalue weighted by Crippen LogP contribution is 1.95. The lowest BCUT2D eigenvalue weighted by Gasteiger charge is -2.25. The molecule has 0 saturated carbocycles. The zero-order valence-electron chi connectivity index (χ0n) is 9.93. The Morgan fingerprint density at radius 2 is 1.36 bits per heavy atom. The van der Waals surface area contributed by atoms with Crippen molar-refractivity contribution in [3.8, 4) is 0 Å². The van der Waals surface area contributed by atoms with Crippen LogP contribution in [0, 0.1) is 0 Å². The predicted molar refractivity (Wildman–Crippen MR) is 68.3 cm³/mol. The van der Waals surface area contributed by atoms with Crippen LogP contribution in [0.15, 0.2) is 0 Å². The SMILES string of the molecule is CCCN(CCBr)CCN(CC)CC. The first-order chi connectivity index (χ1) is 6.78. The lowest BCUT2D eigenvalue weighted by atomic mass is 10.3. The van der Waals surface area contributed by atoms with Gasteiger partial charge < -0.3 is 9.80 Å². The minimum absolute atomic E-state index is 1.09. The number of hydrogen-bond donors (Lipinski definition) is 0. The van der Waals surface area contributed by atoms with Crippen LogP contribution in [-0.4, -0.2) is 54.4 Å². The van der Waals surface area contributed by atoms with E-state index in [1.165, 1.54) is 45.7 Å². The van der Waals surface area contributed by atoms with E-state index in [0.717, 1.165) is 5.33 Å². The van der Waals surface area contributed by atoms with Gasteiger partial charge in [-0.15, -0.1) is 0 Å². The third-order valence-electron chi connectivity index (χ3n) is 2.57. The van der Waals surface area contributed by atoms with Gasteiger partial charge in [0.1, 0.15) is 0 Å². The summed E-state index contributed by atoms with van der Waals surface area (Å²) >= 11 is 3.51. The van der Waals surface area contributed by atoms with Gasteiger partial charge in [0.15, 0.2) is 0 Å². The van der Waals surface area contributed by atoms with Crippen molar-refractivity contribution >= 4 is 15.9 Å². The molecule has 0 saturated heterocycles. The van der Waals surface area contributed by atoms with E-state index in [-0.39, 0.29) is 0 Å². The molecule has 0 bridgehead atoms. The van der Waals surface area contributed by atoms with Crippen LogP contribution < -0.4 is 0 Å². The van der Waals surface area contributed by atoms with Gasteiger partial charge in [-0.1, -0.05) is 36.7 Å². The largest absolute Gasteiger partial charge is 0.303 e. The topological polar surface area (TPSA) is 6.48 Å². The summed E-state index contributed by atoms with van der Waals surface area (Å²) in [7, 11) is 0. The molecule has 0 heterocycles. The molecule has 0 aromatic carbocycles. The Morgan fingerprint density at radius 3 is 1.79 bits per heavy atom. The van der Waals surface area contributed by atoms with Crippen molar-refractivity contribution in [1.82, 2.24) is 9.80 Å². The second-order valence-electron chi connectivity index (χ2n) is 3.56. The molecule has 0 aromatic heterocycles. The lowest BCUT2D eigenvalue weighted by molar-refractivity contribution is 0.222. The van der Waals surface area contributed by atoms with Gasteiger partial charge in [-0.05, 0) is 26.1 Å². The molecule has 2 nitrogen and oxygen atoms in total. The van der Waals surface area contributed by atoms with Crippen LogP contribution in [0.25, 0.3) is 0 Å². The number of alkyl halides is 1. The van der Waals surface area contributed by atoms with Gasteiger partial charge in [0.2, 0.25) is 0 Å². The third-order valence-corrected chi connectivity index (χ3v) is 2.92. The van der Waals surface area contributed by atoms with Crippen molar-refractivity contribution in [1.29, 1.82) is 0 Å². The molecule has 0 aromatic rings. The molecule has 0 fully saturated rings. The van der Waals surface area contributed by atoms with Crippen LogP contribution >= 0.6 is 15.9 Å². The molecule has 14 heavy (non-hydrogen) atoms. The van der Waals surface area contributed by atoms with E-state index in [4.69, 9.17) is 0 Å². The van der Waals surface area contributed by atoms with E-state index in [1.807, 2.05) is 0 Å². The van der Waals surface area contributed by atoms with Crippen LogP contribution in [0.5, 0.6) is 0 Å². The third kappa shape index (κ3) is 6.80. The average molecular weight is 265 g/mol. The number of hydrogen-bond acceptors (Lipinski definition) is 2. The average Bonchev–Trinajstić information content (AvgIpc) is 2.20. The van der Waals surface area contributed by atoms with Gasteiger partial charge in [-0.3, -0.25) is 0 Å². The molecule has 0 aliphatic heterocycles. The molecule has 0 rings (SSSR count). The molecule has 0 radical (unpaired) electrons. The molecule has 0 spiro atoms. The molecule has 0 unspecified atom stereocenters. The zero-order valence-corrected chi connectivity index (χ0v) is 11.5. The normalized spacial score (nSPS) is 11.6. The van der Waals surface area contributed by atoms with Gasteiger partial charge in [0.25, 0.3) is 0 Å². The Balaban J connectivity index is 3.67. The number of rotatable bonds is 9. The van der Waals surface area contributed by atoms with Gasteiger partial charge in [0.05, 0.1) is 0 Å². The fourth-order valence-corrected chi connectivity index (χ4v) is 2.10. The van der Waals surface area contributed by atoms with E-state index in [9.17, 15) is 0 Å². The summed E-state index contributed by atoms with van der Waals surface area (Å²) in [6.45, 7) is 13.9. The maximum Gasteiger partial charge on any atom is 0.0159 e. The number of likely N-dealkylation sites (N-methyl/N-ethyl adjacent to an activating group) is 1. The summed E-state index contributed by atoms with van der Waals surface area (Å²) < 4.78 is 0. The number of halogens is 1. The van der Waals surface area contributed by atoms with E-state index in [0.29, 0.717) is 0 Å². The molecule has 3 heteroatoms. The van der Waals surface area contributed by atoms with E-state index >= 15 is 0 Å². The van der Waals surface area contributed by atoms with Gasteiger partial charge >= 0.3 is 0 Å². The Labute approximate surface area is 97.8 Å². The van der Waals surface area contributed by atoms with Crippen molar-refractivity contribution in [2.75, 3.05) is 44.6 Å². The fourth-order valence-electron chi connectivity index (χ4n) is 1.59. The first-order valence-corrected chi connectivity index (χ1v) is 6.91. The van der Waals surface area contributed by atoms with Crippen LogP contribution in [0.2, 0.25) is 0 Å². The summed E-state index contributed by atoms with van der Waals surface area (Å²) in [6, 6.07) is 0. The lowest BCUT2D eigenvalue weighted by Crippen LogP contribution is -2.36. The molecular weight excluding hydrogens is 240 g/mol. The quantitative estimate of drug-likeness (QED) is 0.591. The Kier molecular flexibility index (Phi) is 10.2. The molecule has 0 aliphatic rings. The smallest absolute Gasteiger partial charge is 0.0159 e. The molecule has 0 amide bonds. The Morgan fingerprint density at radius 1 is 0.786 bits per heavy atom. The first-order valence-electron chi connectivity index (χ1n) is 5.79. The zero-order chi connectivity index (χ0) is 10.8. The van der Waals surface area contributed by atoms with Crippen molar-refractivity contribution < 1.29 is 0 Å². The highest BCUT2D eigenvalue weighted by Gasteiger charge is 2.04. The highest BCUT2D eigenvalue weighted by molar-refractivity contribution is 9.09. The molecule has 0 atom stereocenters. The van der Waals surface area contributed by atoms with Crippen molar-refractivity contribution in [3.63, 3.8) is 0 Å². The summed E-state index contributed by atoms with van der Waals surface area (Å²) in [6.07, 6.45) is 1.26. The maximum atomic E-state index is 3.51. The maximum absolute atomic E-state index is 3.51. The summed E-state index contributed by atoms with van der Waals surface area (Å²) in [5.41, 5.74) is 0. The minimum atomic E-state index is 1.09. The summed E-state index contributed by atoms with van der Waals surface area (Å²) in [5.74, 6) is 0. The summed E-state index contributed by atoms with van der Waals surface area (Å²) in [5, 5.41) is 1.09. The first kappa shape index (κ1) is 14.4. The molecule has 0 N–H and O–H groups in total. The van der Waals surface area contributed by atoms with Gasteiger partial charge in [-0.25, -0.2) is 0 Å². The molecule has 86 valence electrons. The van der Waals surface area contributed by atoms with Crippen molar-refractivity contribution in [2.24, 2.45) is 0 Å². The van der Waals surface area contributed by atoms with Gasteiger partial charge in [0, 0.05) is 25.0 Å². The van der Waals surface area contributed by atoms with Crippen molar-refractivity contribution in [2.45, 2.75) is 27.2 Å². The van der Waals surface area contributed by atoms with E-state index < -0.39 is 0 Å². The number of nitrogens with zero attached hydrogens (tertiary/aromatic N) is 2. The predicted octanol–water partition coefficient (Wildman–Crippen LogP) is 2.44. The Bertz CT molecular complexity index is 110. The van der Waals surface area contributed by atoms with E-state index in [1.54, 1.807) is 0 Å². The molecular formula is C11H25BrN2. The highest BCUT2D eigenvalue weighted by atomic mass is 79.9. The van der Waals surface area contributed by atoms with Crippen LogP contribution in [0.3, 0.4) is 0 Å². The monoisotopic (exact) mass is 264 g/mol. The van der Waals surface area contributed by atoms with E-state index in [2.05, 4.69) is 46.5 Å². The van der Waals surface area contributed by atoms with Crippen LogP contribution in [0.4, 0.5) is 0 Å². The fraction of sp³-hybridized carbons (Fsp3) is 1.00.